The summed E-state index contributed by atoms with van der Waals surface area (Å²) in [7, 11) is -3.51. The van der Waals surface area contributed by atoms with Gasteiger partial charge in [-0.25, -0.2) is 8.42 Å². The summed E-state index contributed by atoms with van der Waals surface area (Å²) in [4.78, 5) is 31.3. The molecule has 2 aliphatic rings. The Hall–Kier alpha value is -2.01. The molecule has 2 amide bonds. The normalized spacial score (nSPS) is 18.5. The first-order valence-electron chi connectivity index (χ1n) is 12.3. The van der Waals surface area contributed by atoms with Crippen molar-refractivity contribution < 1.29 is 22.7 Å². The summed E-state index contributed by atoms with van der Waals surface area (Å²) in [6, 6.07) is 6.84. The van der Waals surface area contributed by atoms with Crippen LogP contribution in [0.25, 0.3) is 0 Å². The highest BCUT2D eigenvalue weighted by Crippen LogP contribution is 2.18. The minimum atomic E-state index is -3.51. The zero-order valence-corrected chi connectivity index (χ0v) is 21.3. The summed E-state index contributed by atoms with van der Waals surface area (Å²) >= 11 is 0. The van der Waals surface area contributed by atoms with Gasteiger partial charge in [0.05, 0.1) is 24.7 Å². The van der Waals surface area contributed by atoms with Crippen molar-refractivity contribution in [3.05, 3.63) is 29.8 Å². The van der Waals surface area contributed by atoms with Crippen LogP contribution >= 0.6 is 0 Å². The molecule has 2 fully saturated rings. The number of hydrogen-bond donors (Lipinski definition) is 0. The van der Waals surface area contributed by atoms with Gasteiger partial charge < -0.3 is 14.5 Å². The van der Waals surface area contributed by atoms with Gasteiger partial charge in [0.1, 0.15) is 0 Å². The van der Waals surface area contributed by atoms with Gasteiger partial charge in [-0.15, -0.1) is 0 Å². The van der Waals surface area contributed by atoms with Crippen molar-refractivity contribution in [2.24, 2.45) is 0 Å². The predicted octanol–water partition coefficient (Wildman–Crippen LogP) is 1.04. The number of nitrogens with zero attached hydrogens (tertiary/aromatic N) is 4. The molecule has 0 unspecified atom stereocenters. The number of benzene rings is 1. The molecule has 2 heterocycles. The van der Waals surface area contributed by atoms with Crippen molar-refractivity contribution in [2.45, 2.75) is 38.0 Å². The van der Waals surface area contributed by atoms with Crippen molar-refractivity contribution in [3.63, 3.8) is 0 Å². The molecule has 190 valence electrons. The molecule has 0 N–H and O–H groups in total. The van der Waals surface area contributed by atoms with Crippen LogP contribution in [0.4, 0.5) is 0 Å². The molecule has 0 saturated carbocycles. The van der Waals surface area contributed by atoms with Crippen LogP contribution < -0.4 is 0 Å². The van der Waals surface area contributed by atoms with Gasteiger partial charge in [-0.2, -0.15) is 4.31 Å². The third-order valence-electron chi connectivity index (χ3n) is 6.57. The van der Waals surface area contributed by atoms with Crippen LogP contribution in [-0.2, 0) is 30.8 Å². The molecule has 1 aromatic rings. The molecule has 1 aromatic carbocycles. The number of likely N-dealkylation sites (N-methyl/N-ethyl adjacent to an activating group) is 1. The highest BCUT2D eigenvalue weighted by Gasteiger charge is 2.26. The maximum absolute atomic E-state index is 12.8. The predicted molar refractivity (Wildman–Crippen MR) is 130 cm³/mol. The molecule has 3 rings (SSSR count). The van der Waals surface area contributed by atoms with Crippen LogP contribution in [0.2, 0.25) is 0 Å². The lowest BCUT2D eigenvalue weighted by atomic mass is 10.1. The second kappa shape index (κ2) is 12.6. The smallest absolute Gasteiger partial charge is 0.243 e. The van der Waals surface area contributed by atoms with Crippen molar-refractivity contribution >= 4 is 21.8 Å². The van der Waals surface area contributed by atoms with Crippen molar-refractivity contribution in [1.29, 1.82) is 0 Å². The molecular weight excluding hydrogens is 456 g/mol. The number of carbonyl (C=O) groups excluding carboxylic acids is 2. The SMILES string of the molecule is CCN(CC)C(=O)CN1CCCN(C(=O)CCc2ccc(S(=O)(=O)N3CCOCC3)cc2)CC1. The quantitative estimate of drug-likeness (QED) is 0.510. The van der Waals surface area contributed by atoms with Crippen LogP contribution in [0.5, 0.6) is 0 Å². The first kappa shape index (κ1) is 26.6. The third-order valence-corrected chi connectivity index (χ3v) is 8.49. The first-order valence-corrected chi connectivity index (χ1v) is 13.7. The zero-order chi connectivity index (χ0) is 24.6. The number of carbonyl (C=O) groups is 2. The van der Waals surface area contributed by atoms with Crippen LogP contribution in [0.3, 0.4) is 0 Å². The number of aryl methyl sites for hydroxylation is 1. The largest absolute Gasteiger partial charge is 0.379 e. The fourth-order valence-corrected chi connectivity index (χ4v) is 5.83. The van der Waals surface area contributed by atoms with Crippen LogP contribution in [-0.4, -0.2) is 111 Å². The number of hydrogen-bond acceptors (Lipinski definition) is 6. The Kier molecular flexibility index (Phi) is 9.87. The van der Waals surface area contributed by atoms with E-state index >= 15 is 0 Å². The van der Waals surface area contributed by atoms with E-state index in [4.69, 9.17) is 4.74 Å². The van der Waals surface area contributed by atoms with E-state index in [0.717, 1.165) is 18.5 Å². The van der Waals surface area contributed by atoms with E-state index in [9.17, 15) is 18.0 Å². The summed E-state index contributed by atoms with van der Waals surface area (Å²) < 4.78 is 32.2. The molecule has 0 spiro atoms. The lowest BCUT2D eigenvalue weighted by molar-refractivity contribution is -0.132. The van der Waals surface area contributed by atoms with Crippen molar-refractivity contribution in [3.8, 4) is 0 Å². The van der Waals surface area contributed by atoms with E-state index in [1.54, 1.807) is 24.3 Å². The highest BCUT2D eigenvalue weighted by atomic mass is 32.2. The minimum absolute atomic E-state index is 0.0990. The maximum atomic E-state index is 12.8. The van der Waals surface area contributed by atoms with Gasteiger partial charge in [0.15, 0.2) is 0 Å². The molecule has 10 heteroatoms. The summed E-state index contributed by atoms with van der Waals surface area (Å²) in [5, 5.41) is 0. The molecule has 9 nitrogen and oxygen atoms in total. The summed E-state index contributed by atoms with van der Waals surface area (Å²) in [6.07, 6.45) is 1.80. The van der Waals surface area contributed by atoms with E-state index < -0.39 is 10.0 Å². The number of amides is 2. The van der Waals surface area contributed by atoms with Gasteiger partial charge in [0.25, 0.3) is 0 Å². The van der Waals surface area contributed by atoms with Gasteiger partial charge in [-0.05, 0) is 44.4 Å². The third kappa shape index (κ3) is 7.00. The van der Waals surface area contributed by atoms with E-state index in [1.807, 2.05) is 23.6 Å². The Labute approximate surface area is 203 Å². The van der Waals surface area contributed by atoms with E-state index in [2.05, 4.69) is 4.90 Å². The topological polar surface area (TPSA) is 90.5 Å². The highest BCUT2D eigenvalue weighted by molar-refractivity contribution is 7.89. The first-order chi connectivity index (χ1) is 16.3. The van der Waals surface area contributed by atoms with E-state index in [0.29, 0.717) is 78.4 Å². The number of rotatable bonds is 9. The maximum Gasteiger partial charge on any atom is 0.243 e. The lowest BCUT2D eigenvalue weighted by Crippen LogP contribution is -2.42. The van der Waals surface area contributed by atoms with Crippen LogP contribution in [0.1, 0.15) is 32.3 Å². The second-order valence-electron chi connectivity index (χ2n) is 8.74. The van der Waals surface area contributed by atoms with E-state index in [1.165, 1.54) is 4.31 Å². The summed E-state index contributed by atoms with van der Waals surface area (Å²) in [5.41, 5.74) is 0.940. The minimum Gasteiger partial charge on any atom is -0.379 e. The average molecular weight is 495 g/mol. The number of sulfonamides is 1. The lowest BCUT2D eigenvalue weighted by Gasteiger charge is -2.26. The van der Waals surface area contributed by atoms with Crippen molar-refractivity contribution in [1.82, 2.24) is 19.0 Å². The molecule has 0 radical (unpaired) electrons. The number of morpholine rings is 1. The molecular formula is C24H38N4O5S. The summed E-state index contributed by atoms with van der Waals surface area (Å²) in [6.45, 7) is 10.2. The monoisotopic (exact) mass is 494 g/mol. The molecule has 2 aliphatic heterocycles. The Balaban J connectivity index is 1.47. The number of ether oxygens (including phenoxy) is 1. The fraction of sp³-hybridized carbons (Fsp3) is 0.667. The van der Waals surface area contributed by atoms with E-state index in [-0.39, 0.29) is 16.7 Å². The Bertz CT molecular complexity index is 912. The molecule has 2 saturated heterocycles. The summed E-state index contributed by atoms with van der Waals surface area (Å²) in [5.74, 6) is 0.241. The Morgan fingerprint density at radius 2 is 1.62 bits per heavy atom. The van der Waals surface area contributed by atoms with Gasteiger partial charge in [0, 0.05) is 58.8 Å². The van der Waals surface area contributed by atoms with Gasteiger partial charge in [-0.1, -0.05) is 12.1 Å². The Morgan fingerprint density at radius 1 is 0.941 bits per heavy atom. The van der Waals surface area contributed by atoms with Crippen LogP contribution in [0.15, 0.2) is 29.2 Å². The standard InChI is InChI=1S/C24H38N4O5S/c1-3-26(4-2)24(30)20-25-12-5-13-27(15-14-25)23(29)11-8-21-6-9-22(10-7-21)34(31,32)28-16-18-33-19-17-28/h6-7,9-10H,3-5,8,11-20H2,1-2H3. The Morgan fingerprint density at radius 3 is 2.26 bits per heavy atom. The van der Waals surface area contributed by atoms with Crippen LogP contribution in [0, 0.1) is 0 Å². The average Bonchev–Trinajstić information content (AvgIpc) is 3.09. The molecule has 0 bridgehead atoms. The second-order valence-corrected chi connectivity index (χ2v) is 10.7. The van der Waals surface area contributed by atoms with Crippen molar-refractivity contribution in [2.75, 3.05) is 72.1 Å². The zero-order valence-electron chi connectivity index (χ0n) is 20.4. The van der Waals surface area contributed by atoms with Gasteiger partial charge in [0.2, 0.25) is 21.8 Å². The molecule has 0 aromatic heterocycles. The molecule has 0 aliphatic carbocycles. The molecule has 0 atom stereocenters. The van der Waals surface area contributed by atoms with Gasteiger partial charge >= 0.3 is 0 Å². The van der Waals surface area contributed by atoms with Gasteiger partial charge in [-0.3, -0.25) is 14.5 Å². The fourth-order valence-electron chi connectivity index (χ4n) is 4.42. The molecule has 34 heavy (non-hydrogen) atoms.